The van der Waals surface area contributed by atoms with E-state index >= 15 is 0 Å². The van der Waals surface area contributed by atoms with Gasteiger partial charge in [-0.2, -0.15) is 0 Å². The average molecular weight is 384 g/mol. The third-order valence-corrected chi connectivity index (χ3v) is 5.83. The molecule has 25 heavy (non-hydrogen) atoms. The van der Waals surface area contributed by atoms with E-state index in [1.807, 2.05) is 0 Å². The Morgan fingerprint density at radius 3 is 2.60 bits per heavy atom. The highest BCUT2D eigenvalue weighted by molar-refractivity contribution is 7.88. The minimum Gasteiger partial charge on any atom is -0.462 e. The van der Waals surface area contributed by atoms with Crippen LogP contribution in [0.4, 0.5) is 8.78 Å². The highest BCUT2D eigenvalue weighted by Gasteiger charge is 2.16. The number of rotatable bonds is 6. The lowest BCUT2D eigenvalue weighted by Gasteiger charge is -2.06. The number of aromatic nitrogens is 1. The number of nitrogens with one attached hydrogen (secondary N) is 1. The van der Waals surface area contributed by atoms with Gasteiger partial charge in [0, 0.05) is 17.5 Å². The highest BCUT2D eigenvalue weighted by Crippen LogP contribution is 2.28. The average Bonchev–Trinajstić information content (AvgIpc) is 3.13. The van der Waals surface area contributed by atoms with Crippen molar-refractivity contribution >= 4 is 21.4 Å². The normalized spacial score (nSPS) is 11.8. The Morgan fingerprint density at radius 1 is 1.24 bits per heavy atom. The second kappa shape index (κ2) is 7.03. The summed E-state index contributed by atoms with van der Waals surface area (Å²) < 4.78 is 58.4. The number of halogens is 2. The molecule has 9 heteroatoms. The van der Waals surface area contributed by atoms with Crippen LogP contribution in [-0.4, -0.2) is 13.4 Å². The van der Waals surface area contributed by atoms with E-state index in [0.29, 0.717) is 22.5 Å². The lowest BCUT2D eigenvalue weighted by Crippen LogP contribution is -2.24. The molecule has 0 radical (unpaired) electrons. The molecule has 3 aromatic rings. The molecule has 0 saturated carbocycles. The molecule has 0 bridgehead atoms. The largest absolute Gasteiger partial charge is 0.462 e. The van der Waals surface area contributed by atoms with E-state index in [9.17, 15) is 17.2 Å². The first-order valence-corrected chi connectivity index (χ1v) is 9.72. The number of nitrogens with zero attached hydrogens (tertiary/aromatic N) is 1. The highest BCUT2D eigenvalue weighted by atomic mass is 32.2. The molecule has 0 amide bonds. The molecule has 1 aromatic carbocycles. The van der Waals surface area contributed by atoms with Gasteiger partial charge in [0.25, 0.3) is 0 Å². The third kappa shape index (κ3) is 4.50. The van der Waals surface area contributed by atoms with Gasteiger partial charge in [-0.1, -0.05) is 0 Å². The minimum atomic E-state index is -3.76. The van der Waals surface area contributed by atoms with Crippen molar-refractivity contribution in [3.8, 4) is 10.8 Å². The summed E-state index contributed by atoms with van der Waals surface area (Å²) in [4.78, 5) is 5.09. The molecule has 1 N–H and O–H groups in total. The second-order valence-corrected chi connectivity index (χ2v) is 8.25. The van der Waals surface area contributed by atoms with Gasteiger partial charge in [-0.25, -0.2) is 26.9 Å². The molecule has 2 heterocycles. The van der Waals surface area contributed by atoms with E-state index in [1.165, 1.54) is 17.6 Å². The van der Waals surface area contributed by atoms with Crippen LogP contribution in [0, 0.1) is 18.6 Å². The molecule has 0 saturated heterocycles. The Balaban J connectivity index is 1.70. The van der Waals surface area contributed by atoms with Crippen molar-refractivity contribution in [2.45, 2.75) is 19.2 Å². The van der Waals surface area contributed by atoms with E-state index in [1.54, 1.807) is 19.1 Å². The summed E-state index contributed by atoms with van der Waals surface area (Å²) >= 11 is 1.32. The molecule has 5 nitrogen and oxygen atoms in total. The first kappa shape index (κ1) is 17.7. The third-order valence-electron chi connectivity index (χ3n) is 3.36. The Labute approximate surface area is 147 Å². The summed E-state index contributed by atoms with van der Waals surface area (Å²) in [6, 6.07) is 6.20. The number of sulfonamides is 1. The first-order chi connectivity index (χ1) is 11.8. The van der Waals surface area contributed by atoms with Gasteiger partial charge in [0.15, 0.2) is 10.8 Å². The van der Waals surface area contributed by atoms with Crippen LogP contribution in [0.3, 0.4) is 0 Å². The number of thiazole rings is 1. The molecule has 2 aromatic heterocycles. The Bertz CT molecular complexity index is 963. The van der Waals surface area contributed by atoms with Crippen molar-refractivity contribution in [3.05, 3.63) is 64.4 Å². The molecule has 0 aliphatic carbocycles. The van der Waals surface area contributed by atoms with Crippen molar-refractivity contribution in [2.24, 2.45) is 0 Å². The minimum absolute atomic E-state index is 0.0438. The van der Waals surface area contributed by atoms with Gasteiger partial charge in [-0.3, -0.25) is 0 Å². The SMILES string of the molecule is Cc1nc(-c2ccco2)sc1CNS(=O)(=O)Cc1cc(F)cc(F)c1. The van der Waals surface area contributed by atoms with E-state index in [4.69, 9.17) is 4.42 Å². The molecule has 0 atom stereocenters. The molecule has 3 rings (SSSR count). The number of hydrogen-bond acceptors (Lipinski definition) is 5. The quantitative estimate of drug-likeness (QED) is 0.705. The number of aryl methyl sites for hydroxylation is 1. The fraction of sp³-hybridized carbons (Fsp3) is 0.188. The van der Waals surface area contributed by atoms with Gasteiger partial charge >= 0.3 is 0 Å². The van der Waals surface area contributed by atoms with Gasteiger partial charge in [0.05, 0.1) is 17.7 Å². The maximum atomic E-state index is 13.2. The van der Waals surface area contributed by atoms with Crippen LogP contribution in [0.15, 0.2) is 41.0 Å². The maximum absolute atomic E-state index is 13.2. The summed E-state index contributed by atoms with van der Waals surface area (Å²) in [5.74, 6) is -1.53. The molecule has 0 spiro atoms. The monoisotopic (exact) mass is 384 g/mol. The lowest BCUT2D eigenvalue weighted by atomic mass is 10.2. The maximum Gasteiger partial charge on any atom is 0.216 e. The zero-order chi connectivity index (χ0) is 18.0. The molecule has 0 aliphatic heterocycles. The topological polar surface area (TPSA) is 72.2 Å². The Kier molecular flexibility index (Phi) is 4.98. The Morgan fingerprint density at radius 2 is 1.96 bits per heavy atom. The molecule has 0 aliphatic rings. The Hall–Kier alpha value is -2.10. The zero-order valence-corrected chi connectivity index (χ0v) is 14.8. The van der Waals surface area contributed by atoms with Crippen molar-refractivity contribution in [1.29, 1.82) is 0 Å². The molecular formula is C16H14F2N2O3S2. The summed E-state index contributed by atoms with van der Waals surface area (Å²) in [7, 11) is -3.76. The van der Waals surface area contributed by atoms with Crippen molar-refractivity contribution in [1.82, 2.24) is 9.71 Å². The van der Waals surface area contributed by atoms with Crippen LogP contribution >= 0.6 is 11.3 Å². The number of furan rings is 1. The van der Waals surface area contributed by atoms with E-state index in [2.05, 4.69) is 9.71 Å². The van der Waals surface area contributed by atoms with Crippen LogP contribution in [0.1, 0.15) is 16.1 Å². The van der Waals surface area contributed by atoms with Crippen LogP contribution in [-0.2, 0) is 22.3 Å². The van der Waals surface area contributed by atoms with Crippen molar-refractivity contribution in [2.75, 3.05) is 0 Å². The number of hydrogen-bond donors (Lipinski definition) is 1. The standard InChI is InChI=1S/C16H14F2N2O3S2/c1-10-15(24-16(20-10)14-3-2-4-23-14)8-19-25(21,22)9-11-5-12(17)7-13(18)6-11/h2-7,19H,8-9H2,1H3. The zero-order valence-electron chi connectivity index (χ0n) is 13.1. The fourth-order valence-corrected chi connectivity index (χ4v) is 4.37. The van der Waals surface area contributed by atoms with Crippen molar-refractivity contribution < 1.29 is 21.6 Å². The summed E-state index contributed by atoms with van der Waals surface area (Å²) in [5, 5.41) is 0.656. The smallest absolute Gasteiger partial charge is 0.216 e. The van der Waals surface area contributed by atoms with Gasteiger partial charge < -0.3 is 4.42 Å². The predicted molar refractivity (Wildman–Crippen MR) is 90.4 cm³/mol. The van der Waals surface area contributed by atoms with Gasteiger partial charge in [0.1, 0.15) is 11.6 Å². The van der Waals surface area contributed by atoms with E-state index in [-0.39, 0.29) is 12.1 Å². The van der Waals surface area contributed by atoms with Crippen LogP contribution < -0.4 is 4.72 Å². The molecular weight excluding hydrogens is 370 g/mol. The van der Waals surface area contributed by atoms with Gasteiger partial charge in [0.2, 0.25) is 10.0 Å². The summed E-state index contributed by atoms with van der Waals surface area (Å²) in [6.07, 6.45) is 1.53. The lowest BCUT2D eigenvalue weighted by molar-refractivity contribution is 0.574. The van der Waals surface area contributed by atoms with Crippen molar-refractivity contribution in [3.63, 3.8) is 0 Å². The number of benzene rings is 1. The molecule has 0 unspecified atom stereocenters. The summed E-state index contributed by atoms with van der Waals surface area (Å²) in [5.41, 5.74) is 0.734. The molecule has 0 fully saturated rings. The van der Waals surface area contributed by atoms with Crippen LogP contribution in [0.25, 0.3) is 10.8 Å². The predicted octanol–water partition coefficient (Wildman–Crippen LogP) is 3.61. The first-order valence-electron chi connectivity index (χ1n) is 7.25. The fourth-order valence-electron chi connectivity index (χ4n) is 2.24. The van der Waals surface area contributed by atoms with E-state index in [0.717, 1.165) is 17.0 Å². The van der Waals surface area contributed by atoms with Gasteiger partial charge in [-0.05, 0) is 36.8 Å². The van der Waals surface area contributed by atoms with E-state index < -0.39 is 27.4 Å². The van der Waals surface area contributed by atoms with Crippen LogP contribution in [0.2, 0.25) is 0 Å². The summed E-state index contributed by atoms with van der Waals surface area (Å²) in [6.45, 7) is 1.82. The van der Waals surface area contributed by atoms with Gasteiger partial charge in [-0.15, -0.1) is 11.3 Å². The molecule has 132 valence electrons. The van der Waals surface area contributed by atoms with Crippen LogP contribution in [0.5, 0.6) is 0 Å². The second-order valence-electron chi connectivity index (χ2n) is 5.36.